The molecule has 0 aromatic carbocycles. The van der Waals surface area contributed by atoms with Crippen LogP contribution >= 0.6 is 0 Å². The second kappa shape index (κ2) is 6.21. The number of allylic oxidation sites excluding steroid dienone is 3. The summed E-state index contributed by atoms with van der Waals surface area (Å²) >= 11 is 0. The molecule has 0 aliphatic carbocycles. The van der Waals surface area contributed by atoms with E-state index >= 15 is 0 Å². The quantitative estimate of drug-likeness (QED) is 0.520. The summed E-state index contributed by atoms with van der Waals surface area (Å²) in [6, 6.07) is 0. The molecule has 0 amide bonds. The van der Waals surface area contributed by atoms with Crippen LogP contribution in [0.5, 0.6) is 0 Å². The van der Waals surface area contributed by atoms with E-state index in [1.54, 1.807) is 0 Å². The Morgan fingerprint density at radius 3 is 2.36 bits per heavy atom. The highest BCUT2D eigenvalue weighted by Gasteiger charge is 1.90. The van der Waals surface area contributed by atoms with Crippen LogP contribution in [0, 0.1) is 0 Å². The van der Waals surface area contributed by atoms with Crippen molar-refractivity contribution in [1.82, 2.24) is 0 Å². The molecular formula is C11H20. The molecule has 0 fully saturated rings. The van der Waals surface area contributed by atoms with Crippen LogP contribution in [-0.4, -0.2) is 0 Å². The smallest absolute Gasteiger partial charge is 0.0288 e. The van der Waals surface area contributed by atoms with E-state index in [0.29, 0.717) is 0 Å². The van der Waals surface area contributed by atoms with Crippen LogP contribution in [0.15, 0.2) is 23.8 Å². The Balaban J connectivity index is 3.39. The monoisotopic (exact) mass is 152 g/mol. The summed E-state index contributed by atoms with van der Waals surface area (Å²) in [4.78, 5) is 0. The molecule has 0 heteroatoms. The second-order valence-corrected chi connectivity index (χ2v) is 3.32. The van der Waals surface area contributed by atoms with E-state index in [9.17, 15) is 0 Å². The molecule has 0 saturated heterocycles. The summed E-state index contributed by atoms with van der Waals surface area (Å²) < 4.78 is 0. The lowest BCUT2D eigenvalue weighted by atomic mass is 10.1. The molecule has 0 aliphatic rings. The van der Waals surface area contributed by atoms with Crippen LogP contribution < -0.4 is 0 Å². The van der Waals surface area contributed by atoms with Gasteiger partial charge < -0.3 is 0 Å². The van der Waals surface area contributed by atoms with Gasteiger partial charge in [0.15, 0.2) is 0 Å². The van der Waals surface area contributed by atoms with Gasteiger partial charge in [0, 0.05) is 0 Å². The van der Waals surface area contributed by atoms with E-state index in [2.05, 4.69) is 33.4 Å². The van der Waals surface area contributed by atoms with E-state index in [-0.39, 0.29) is 0 Å². The van der Waals surface area contributed by atoms with E-state index in [4.69, 9.17) is 0 Å². The average Bonchev–Trinajstić information content (AvgIpc) is 1.87. The van der Waals surface area contributed by atoms with Crippen molar-refractivity contribution in [3.05, 3.63) is 23.8 Å². The van der Waals surface area contributed by atoms with Gasteiger partial charge in [0.25, 0.3) is 0 Å². The van der Waals surface area contributed by atoms with Gasteiger partial charge >= 0.3 is 0 Å². The molecule has 0 rings (SSSR count). The van der Waals surface area contributed by atoms with Gasteiger partial charge in [0.05, 0.1) is 0 Å². The lowest BCUT2D eigenvalue weighted by Gasteiger charge is -2.00. The van der Waals surface area contributed by atoms with E-state index in [0.717, 1.165) is 0 Å². The minimum absolute atomic E-state index is 1.17. The minimum atomic E-state index is 1.17. The zero-order chi connectivity index (χ0) is 8.69. The van der Waals surface area contributed by atoms with Crippen molar-refractivity contribution in [3.8, 4) is 0 Å². The van der Waals surface area contributed by atoms with Crippen LogP contribution in [0.1, 0.15) is 46.5 Å². The first-order valence-corrected chi connectivity index (χ1v) is 4.46. The number of hydrogen-bond donors (Lipinski definition) is 0. The Labute approximate surface area is 71.0 Å². The molecule has 0 aromatic rings. The lowest BCUT2D eigenvalue weighted by Crippen LogP contribution is -1.79. The topological polar surface area (TPSA) is 0 Å². The molecule has 0 atom stereocenters. The average molecular weight is 152 g/mol. The predicted octanol–water partition coefficient (Wildman–Crippen LogP) is 4.09. The van der Waals surface area contributed by atoms with Crippen molar-refractivity contribution in [2.45, 2.75) is 46.5 Å². The van der Waals surface area contributed by atoms with Gasteiger partial charge in [-0.1, -0.05) is 37.1 Å². The molecule has 0 aromatic heterocycles. The first kappa shape index (κ1) is 10.5. The van der Waals surface area contributed by atoms with Gasteiger partial charge in [-0.05, 0) is 33.1 Å². The molecule has 0 saturated carbocycles. The highest BCUT2D eigenvalue weighted by atomic mass is 14.0. The van der Waals surface area contributed by atoms with Crippen LogP contribution in [0.4, 0.5) is 0 Å². The summed E-state index contributed by atoms with van der Waals surface area (Å²) in [5.74, 6) is 0. The first-order chi connectivity index (χ1) is 5.16. The third kappa shape index (κ3) is 7.38. The van der Waals surface area contributed by atoms with E-state index in [1.807, 2.05) is 0 Å². The third-order valence-electron chi connectivity index (χ3n) is 1.65. The molecule has 0 unspecified atom stereocenters. The molecule has 0 bridgehead atoms. The molecule has 0 radical (unpaired) electrons. The fraction of sp³-hybridized carbons (Fsp3) is 0.636. The third-order valence-corrected chi connectivity index (χ3v) is 1.65. The molecular weight excluding hydrogens is 132 g/mol. The van der Waals surface area contributed by atoms with Crippen LogP contribution in [0.25, 0.3) is 0 Å². The van der Waals surface area contributed by atoms with Crippen molar-refractivity contribution in [1.29, 1.82) is 0 Å². The highest BCUT2D eigenvalue weighted by Crippen LogP contribution is 2.10. The molecule has 11 heavy (non-hydrogen) atoms. The number of rotatable bonds is 5. The summed E-state index contributed by atoms with van der Waals surface area (Å²) in [5.41, 5.74) is 2.80. The fourth-order valence-electron chi connectivity index (χ4n) is 1.04. The van der Waals surface area contributed by atoms with Crippen LogP contribution in [0.3, 0.4) is 0 Å². The molecule has 0 spiro atoms. The maximum atomic E-state index is 4.01. The molecule has 0 N–H and O–H groups in total. The summed E-state index contributed by atoms with van der Waals surface area (Å²) in [5, 5.41) is 0. The largest absolute Gasteiger partial charge is 0.0999 e. The van der Waals surface area contributed by atoms with Gasteiger partial charge in [0.1, 0.15) is 0 Å². The van der Waals surface area contributed by atoms with Crippen molar-refractivity contribution in [3.63, 3.8) is 0 Å². The lowest BCUT2D eigenvalue weighted by molar-refractivity contribution is 0.831. The Hall–Kier alpha value is -0.520. The normalized spacial score (nSPS) is 9.36. The maximum absolute atomic E-state index is 4.01. The Bertz CT molecular complexity index is 136. The fourth-order valence-corrected chi connectivity index (χ4v) is 1.04. The SMILES string of the molecule is C=C(CCC)CCC=C(C)C. The predicted molar refractivity (Wildman–Crippen MR) is 52.7 cm³/mol. The van der Waals surface area contributed by atoms with Crippen LogP contribution in [0.2, 0.25) is 0 Å². The van der Waals surface area contributed by atoms with Gasteiger partial charge in [-0.3, -0.25) is 0 Å². The maximum Gasteiger partial charge on any atom is -0.0288 e. The second-order valence-electron chi connectivity index (χ2n) is 3.32. The Morgan fingerprint density at radius 1 is 1.27 bits per heavy atom. The molecule has 64 valence electrons. The summed E-state index contributed by atoms with van der Waals surface area (Å²) in [6.07, 6.45) is 7.03. The molecule has 0 heterocycles. The van der Waals surface area contributed by atoms with E-state index < -0.39 is 0 Å². The van der Waals surface area contributed by atoms with Crippen molar-refractivity contribution < 1.29 is 0 Å². The van der Waals surface area contributed by atoms with Gasteiger partial charge in [0.2, 0.25) is 0 Å². The molecule has 0 aliphatic heterocycles. The van der Waals surface area contributed by atoms with Crippen molar-refractivity contribution in [2.24, 2.45) is 0 Å². The van der Waals surface area contributed by atoms with Gasteiger partial charge in [-0.25, -0.2) is 0 Å². The van der Waals surface area contributed by atoms with Crippen molar-refractivity contribution >= 4 is 0 Å². The van der Waals surface area contributed by atoms with Crippen LogP contribution in [-0.2, 0) is 0 Å². The van der Waals surface area contributed by atoms with E-state index in [1.165, 1.54) is 36.8 Å². The summed E-state index contributed by atoms with van der Waals surface area (Å²) in [6.45, 7) is 10.5. The number of hydrogen-bond acceptors (Lipinski definition) is 0. The van der Waals surface area contributed by atoms with Gasteiger partial charge in [-0.2, -0.15) is 0 Å². The van der Waals surface area contributed by atoms with Crippen molar-refractivity contribution in [2.75, 3.05) is 0 Å². The Morgan fingerprint density at radius 2 is 1.91 bits per heavy atom. The zero-order valence-corrected chi connectivity index (χ0v) is 8.11. The zero-order valence-electron chi connectivity index (χ0n) is 8.11. The van der Waals surface area contributed by atoms with Gasteiger partial charge in [-0.15, -0.1) is 0 Å². The highest BCUT2D eigenvalue weighted by molar-refractivity contribution is 4.99. The Kier molecular flexibility index (Phi) is 5.91. The molecule has 0 nitrogen and oxygen atoms in total. The summed E-state index contributed by atoms with van der Waals surface area (Å²) in [7, 11) is 0. The first-order valence-electron chi connectivity index (χ1n) is 4.46. The minimum Gasteiger partial charge on any atom is -0.0999 e. The standard InChI is InChI=1S/C11H20/c1-5-7-11(4)9-6-8-10(2)3/h8H,4-7,9H2,1-3H3.